The normalized spacial score (nSPS) is 21.4. The predicted octanol–water partition coefficient (Wildman–Crippen LogP) is 3.92. The Kier molecular flexibility index (Phi) is 6.46. The van der Waals surface area contributed by atoms with Crippen LogP contribution in [0.5, 0.6) is 0 Å². The zero-order valence-electron chi connectivity index (χ0n) is 19.1. The van der Waals surface area contributed by atoms with Crippen LogP contribution < -0.4 is 5.32 Å². The zero-order valence-corrected chi connectivity index (χ0v) is 19.1. The topological polar surface area (TPSA) is 52.7 Å². The maximum absolute atomic E-state index is 14.6. The van der Waals surface area contributed by atoms with Gasteiger partial charge in [0, 0.05) is 12.1 Å². The predicted molar refractivity (Wildman–Crippen MR) is 126 cm³/mol. The molecule has 1 saturated heterocycles. The summed E-state index contributed by atoms with van der Waals surface area (Å²) in [6, 6.07) is 11.9. The molecule has 1 saturated carbocycles. The fourth-order valence-electron chi connectivity index (χ4n) is 5.03. The Balaban J connectivity index is 1.40. The van der Waals surface area contributed by atoms with Gasteiger partial charge in [-0.2, -0.15) is 0 Å². The number of rotatable bonds is 7. The van der Waals surface area contributed by atoms with E-state index in [1.54, 1.807) is 4.90 Å². The van der Waals surface area contributed by atoms with Gasteiger partial charge in [0.1, 0.15) is 17.7 Å². The third-order valence-corrected chi connectivity index (χ3v) is 6.98. The molecule has 0 unspecified atom stereocenters. The van der Waals surface area contributed by atoms with Gasteiger partial charge < -0.3 is 10.2 Å². The monoisotopic (exact) mass is 465 g/mol. The zero-order chi connectivity index (χ0) is 23.7. The van der Waals surface area contributed by atoms with E-state index in [2.05, 4.69) is 10.2 Å². The highest BCUT2D eigenvalue weighted by molar-refractivity contribution is 5.91. The van der Waals surface area contributed by atoms with Gasteiger partial charge in [-0.15, -0.1) is 0 Å². The van der Waals surface area contributed by atoms with Crippen LogP contribution in [-0.4, -0.2) is 53.8 Å². The average molecular weight is 466 g/mol. The molecule has 3 aliphatic rings. The second kappa shape index (κ2) is 9.66. The van der Waals surface area contributed by atoms with Gasteiger partial charge in [-0.1, -0.05) is 36.4 Å². The molecule has 2 aromatic carbocycles. The van der Waals surface area contributed by atoms with Crippen LogP contribution in [0.25, 0.3) is 5.57 Å². The molecule has 1 N–H and O–H groups in total. The van der Waals surface area contributed by atoms with Crippen molar-refractivity contribution < 1.29 is 18.4 Å². The first-order valence-electron chi connectivity index (χ1n) is 12.0. The molecule has 34 heavy (non-hydrogen) atoms. The molecule has 0 aromatic heterocycles. The van der Waals surface area contributed by atoms with Crippen LogP contribution in [0.3, 0.4) is 0 Å². The van der Waals surface area contributed by atoms with E-state index < -0.39 is 23.7 Å². The number of hydrogen-bond donors (Lipinski definition) is 1. The summed E-state index contributed by atoms with van der Waals surface area (Å²) >= 11 is 0. The Hall–Kier alpha value is -3.06. The standard InChI is InChI=1S/C27H29F2N3O2/c28-21-10-11-23(29)22(15-21)20-14-24(18-6-2-1-3-7-18)32(16-20)27(34)26(19-8-9-19)30-25(33)17-31-12-4-5-13-31/h1-3,6-7,10-11,14-15,19,24,26H,4-5,8-9,12-13,16-17H2,(H,30,33)/t24-,26-/m0/s1. The van der Waals surface area contributed by atoms with Crippen LogP contribution in [0.15, 0.2) is 54.6 Å². The summed E-state index contributed by atoms with van der Waals surface area (Å²) in [6.07, 6.45) is 5.80. The van der Waals surface area contributed by atoms with Crippen LogP contribution in [0.2, 0.25) is 0 Å². The van der Waals surface area contributed by atoms with Crippen LogP contribution in [0, 0.1) is 17.6 Å². The van der Waals surface area contributed by atoms with Crippen molar-refractivity contribution >= 4 is 17.4 Å². The molecule has 0 spiro atoms. The van der Waals surface area contributed by atoms with Gasteiger partial charge in [0.15, 0.2) is 0 Å². The first-order chi connectivity index (χ1) is 16.5. The molecule has 1 aliphatic carbocycles. The van der Waals surface area contributed by atoms with Crippen molar-refractivity contribution in [2.45, 2.75) is 37.8 Å². The van der Waals surface area contributed by atoms with Crippen molar-refractivity contribution in [2.75, 3.05) is 26.2 Å². The fraction of sp³-hybridized carbons (Fsp3) is 0.407. The molecule has 2 aromatic rings. The molecular formula is C27H29F2N3O2. The fourth-order valence-corrected chi connectivity index (χ4v) is 5.03. The van der Waals surface area contributed by atoms with E-state index in [-0.39, 0.29) is 29.8 Å². The molecule has 5 rings (SSSR count). The van der Waals surface area contributed by atoms with Crippen molar-refractivity contribution in [3.63, 3.8) is 0 Å². The van der Waals surface area contributed by atoms with Crippen LogP contribution in [-0.2, 0) is 9.59 Å². The lowest BCUT2D eigenvalue weighted by Gasteiger charge is -2.30. The summed E-state index contributed by atoms with van der Waals surface area (Å²) in [6.45, 7) is 2.27. The Morgan fingerprint density at radius 2 is 1.76 bits per heavy atom. The third-order valence-electron chi connectivity index (χ3n) is 6.98. The summed E-state index contributed by atoms with van der Waals surface area (Å²) in [5.74, 6) is -1.24. The number of halogens is 2. The largest absolute Gasteiger partial charge is 0.343 e. The molecule has 2 heterocycles. The number of carbonyl (C=O) groups is 2. The highest BCUT2D eigenvalue weighted by atomic mass is 19.1. The lowest BCUT2D eigenvalue weighted by Crippen LogP contribution is -2.51. The van der Waals surface area contributed by atoms with Crippen LogP contribution in [0.1, 0.15) is 42.9 Å². The SMILES string of the molecule is O=C(CN1CCCC1)N[C@H](C(=O)N1CC(c2cc(F)ccc2F)=C[C@H]1c1ccccc1)C1CC1. The van der Waals surface area contributed by atoms with Crippen molar-refractivity contribution in [2.24, 2.45) is 5.92 Å². The van der Waals surface area contributed by atoms with Gasteiger partial charge in [-0.3, -0.25) is 14.5 Å². The van der Waals surface area contributed by atoms with Gasteiger partial charge in [0.25, 0.3) is 0 Å². The first kappa shape index (κ1) is 22.7. The smallest absolute Gasteiger partial charge is 0.246 e. The summed E-state index contributed by atoms with van der Waals surface area (Å²) in [7, 11) is 0. The van der Waals surface area contributed by atoms with E-state index in [0.29, 0.717) is 12.1 Å². The van der Waals surface area contributed by atoms with Crippen molar-refractivity contribution in [3.8, 4) is 0 Å². The molecule has 5 nitrogen and oxygen atoms in total. The van der Waals surface area contributed by atoms with E-state index in [4.69, 9.17) is 0 Å². The first-order valence-corrected chi connectivity index (χ1v) is 12.0. The minimum atomic E-state index is -0.605. The lowest BCUT2D eigenvalue weighted by atomic mass is 10.0. The minimum Gasteiger partial charge on any atom is -0.343 e. The number of likely N-dealkylation sites (tertiary alicyclic amines) is 1. The lowest BCUT2D eigenvalue weighted by molar-refractivity contribution is -0.137. The van der Waals surface area contributed by atoms with Gasteiger partial charge in [-0.25, -0.2) is 8.78 Å². The molecule has 2 fully saturated rings. The molecule has 2 atom stereocenters. The van der Waals surface area contributed by atoms with Gasteiger partial charge in [0.05, 0.1) is 12.6 Å². The molecule has 7 heteroatoms. The minimum absolute atomic E-state index is 0.112. The summed E-state index contributed by atoms with van der Waals surface area (Å²) in [5.41, 5.74) is 1.62. The number of carbonyl (C=O) groups excluding carboxylic acids is 2. The maximum Gasteiger partial charge on any atom is 0.246 e. The Morgan fingerprint density at radius 1 is 1.03 bits per heavy atom. The second-order valence-corrected chi connectivity index (χ2v) is 9.50. The number of hydrogen-bond acceptors (Lipinski definition) is 3. The molecule has 2 aliphatic heterocycles. The molecule has 0 bridgehead atoms. The van der Waals surface area contributed by atoms with Crippen molar-refractivity contribution in [1.29, 1.82) is 0 Å². The van der Waals surface area contributed by atoms with E-state index >= 15 is 0 Å². The Labute approximate surface area is 198 Å². The van der Waals surface area contributed by atoms with E-state index in [9.17, 15) is 18.4 Å². The number of amides is 2. The second-order valence-electron chi connectivity index (χ2n) is 9.50. The van der Waals surface area contributed by atoms with Crippen molar-refractivity contribution in [1.82, 2.24) is 15.1 Å². The Morgan fingerprint density at radius 3 is 2.47 bits per heavy atom. The van der Waals surface area contributed by atoms with E-state index in [1.807, 2.05) is 36.4 Å². The number of nitrogens with one attached hydrogen (secondary N) is 1. The molecule has 2 amide bonds. The number of benzene rings is 2. The van der Waals surface area contributed by atoms with Crippen molar-refractivity contribution in [3.05, 3.63) is 77.4 Å². The summed E-state index contributed by atoms with van der Waals surface area (Å²) in [4.78, 5) is 30.4. The van der Waals surface area contributed by atoms with Gasteiger partial charge in [0.2, 0.25) is 11.8 Å². The number of nitrogens with zero attached hydrogens (tertiary/aromatic N) is 2. The molecule has 178 valence electrons. The van der Waals surface area contributed by atoms with Gasteiger partial charge >= 0.3 is 0 Å². The molecule has 0 radical (unpaired) electrons. The highest BCUT2D eigenvalue weighted by Crippen LogP contribution is 2.39. The van der Waals surface area contributed by atoms with E-state index in [0.717, 1.165) is 56.5 Å². The maximum atomic E-state index is 14.6. The van der Waals surface area contributed by atoms with Crippen LogP contribution >= 0.6 is 0 Å². The summed E-state index contributed by atoms with van der Waals surface area (Å²) < 4.78 is 28.5. The average Bonchev–Trinajstić information content (AvgIpc) is 3.37. The summed E-state index contributed by atoms with van der Waals surface area (Å²) in [5, 5.41) is 3.00. The Bertz CT molecular complexity index is 1090. The van der Waals surface area contributed by atoms with E-state index in [1.165, 1.54) is 6.07 Å². The highest BCUT2D eigenvalue weighted by Gasteiger charge is 2.43. The van der Waals surface area contributed by atoms with Crippen LogP contribution in [0.4, 0.5) is 8.78 Å². The molecular weight excluding hydrogens is 436 g/mol. The quantitative estimate of drug-likeness (QED) is 0.675. The third kappa shape index (κ3) is 4.89. The van der Waals surface area contributed by atoms with Gasteiger partial charge in [-0.05, 0) is 74.0 Å².